The van der Waals surface area contributed by atoms with E-state index in [1.54, 1.807) is 0 Å². The first-order valence-electron chi connectivity index (χ1n) is 12.1. The third-order valence-electron chi connectivity index (χ3n) is 5.75. The van der Waals surface area contributed by atoms with E-state index >= 15 is 0 Å². The monoisotopic (exact) mass is 442 g/mol. The van der Waals surface area contributed by atoms with Crippen molar-refractivity contribution in [3.63, 3.8) is 0 Å². The van der Waals surface area contributed by atoms with Crippen molar-refractivity contribution in [3.8, 4) is 0 Å². The molecule has 0 aliphatic carbocycles. The van der Waals surface area contributed by atoms with Gasteiger partial charge in [-0.2, -0.15) is 0 Å². The Hall–Kier alpha value is 0.870. The summed E-state index contributed by atoms with van der Waals surface area (Å²) in [5.41, 5.74) is 0. The molecule has 2 atom stereocenters. The van der Waals surface area contributed by atoms with E-state index in [2.05, 4.69) is 13.8 Å². The van der Waals surface area contributed by atoms with Crippen LogP contribution in [0.25, 0.3) is 0 Å². The molecule has 6 heteroatoms. The third-order valence-corrected chi connectivity index (χ3v) is 7.04. The maximum Gasteiger partial charge on any atom is 1.00 e. The van der Waals surface area contributed by atoms with Gasteiger partial charge in [-0.3, -0.25) is 0 Å². The summed E-state index contributed by atoms with van der Waals surface area (Å²) in [5.74, 6) is 0. The quantitative estimate of drug-likeness (QED) is 0.167. The molecular formula is C23H47NaO4S. The molecule has 0 radical (unpaired) electrons. The SMILES string of the molecule is CCCCCCCCCCCCCCCCC(C(O)CCCCC)S(=O)(=O)[O-].[Na+]. The van der Waals surface area contributed by atoms with Crippen LogP contribution >= 0.6 is 0 Å². The molecule has 0 amide bonds. The van der Waals surface area contributed by atoms with Gasteiger partial charge < -0.3 is 9.66 Å². The largest absolute Gasteiger partial charge is 1.00 e. The Kier molecular flexibility index (Phi) is 24.4. The summed E-state index contributed by atoms with van der Waals surface area (Å²) in [6.07, 6.45) is 19.9. The fourth-order valence-corrected chi connectivity index (χ4v) is 4.83. The average Bonchev–Trinajstić information content (AvgIpc) is 2.64. The Balaban J connectivity index is 0. The molecule has 0 aliphatic heterocycles. The zero-order valence-corrected chi connectivity index (χ0v) is 22.5. The van der Waals surface area contributed by atoms with Crippen LogP contribution in [-0.4, -0.2) is 29.4 Å². The molecule has 0 spiro atoms. The van der Waals surface area contributed by atoms with Crippen LogP contribution in [0.5, 0.6) is 0 Å². The van der Waals surface area contributed by atoms with Crippen molar-refractivity contribution in [3.05, 3.63) is 0 Å². The molecule has 0 saturated heterocycles. The second-order valence-corrected chi connectivity index (χ2v) is 10.1. The Morgan fingerprint density at radius 2 is 0.931 bits per heavy atom. The first-order chi connectivity index (χ1) is 13.4. The predicted octanol–water partition coefficient (Wildman–Crippen LogP) is 3.72. The topological polar surface area (TPSA) is 77.4 Å². The standard InChI is InChI=1S/C23H48O4S.Na/c1-3-5-7-8-9-10-11-12-13-14-15-16-17-19-21-23(28(25,26)27)22(24)20-18-6-4-2;/h22-24H,3-21H2,1-2H3,(H,25,26,27);/q;+1/p-1. The maximum absolute atomic E-state index is 11.5. The van der Waals surface area contributed by atoms with E-state index in [0.29, 0.717) is 19.3 Å². The van der Waals surface area contributed by atoms with Crippen LogP contribution in [-0.2, 0) is 10.1 Å². The normalized spacial score (nSPS) is 13.8. The summed E-state index contributed by atoms with van der Waals surface area (Å²) in [5, 5.41) is 8.97. The molecule has 29 heavy (non-hydrogen) atoms. The minimum atomic E-state index is -4.42. The molecule has 0 bridgehead atoms. The van der Waals surface area contributed by atoms with E-state index in [4.69, 9.17) is 0 Å². The molecule has 0 rings (SSSR count). The second-order valence-electron chi connectivity index (χ2n) is 8.48. The van der Waals surface area contributed by atoms with Gasteiger partial charge in [0.25, 0.3) is 0 Å². The molecule has 0 aromatic heterocycles. The van der Waals surface area contributed by atoms with E-state index in [1.165, 1.54) is 70.6 Å². The van der Waals surface area contributed by atoms with Gasteiger partial charge in [0, 0.05) is 0 Å². The zero-order valence-electron chi connectivity index (χ0n) is 19.7. The molecule has 0 saturated carbocycles. The van der Waals surface area contributed by atoms with Crippen LogP contribution in [0.1, 0.15) is 136 Å². The molecule has 0 aromatic carbocycles. The molecule has 0 heterocycles. The van der Waals surface area contributed by atoms with Crippen molar-refractivity contribution in [1.29, 1.82) is 0 Å². The Morgan fingerprint density at radius 3 is 1.31 bits per heavy atom. The van der Waals surface area contributed by atoms with Gasteiger partial charge in [-0.1, -0.05) is 123 Å². The Labute approximate surface area is 204 Å². The molecule has 2 unspecified atom stereocenters. The number of aliphatic hydroxyl groups excluding tert-OH is 1. The zero-order chi connectivity index (χ0) is 21.1. The molecule has 170 valence electrons. The Morgan fingerprint density at radius 1 is 0.621 bits per heavy atom. The van der Waals surface area contributed by atoms with Crippen molar-refractivity contribution >= 4 is 10.1 Å². The predicted molar refractivity (Wildman–Crippen MR) is 119 cm³/mol. The smallest absolute Gasteiger partial charge is 0.748 e. The fraction of sp³-hybridized carbons (Fsp3) is 1.00. The van der Waals surface area contributed by atoms with Gasteiger partial charge in [-0.25, -0.2) is 8.42 Å². The van der Waals surface area contributed by atoms with E-state index < -0.39 is 21.5 Å². The number of hydrogen-bond donors (Lipinski definition) is 1. The summed E-state index contributed by atoms with van der Waals surface area (Å²) in [6.45, 7) is 4.31. The summed E-state index contributed by atoms with van der Waals surface area (Å²) in [6, 6.07) is 0. The van der Waals surface area contributed by atoms with Crippen molar-refractivity contribution in [1.82, 2.24) is 0 Å². The number of hydrogen-bond acceptors (Lipinski definition) is 4. The summed E-state index contributed by atoms with van der Waals surface area (Å²) in [7, 11) is -4.42. The molecule has 1 N–H and O–H groups in total. The van der Waals surface area contributed by atoms with Gasteiger partial charge in [0.15, 0.2) is 0 Å². The third kappa shape index (κ3) is 20.5. The Bertz CT molecular complexity index is 429. The number of unbranched alkanes of at least 4 members (excludes halogenated alkanes) is 15. The van der Waals surface area contributed by atoms with Crippen molar-refractivity contribution in [2.24, 2.45) is 0 Å². The van der Waals surface area contributed by atoms with Gasteiger partial charge in [0.05, 0.1) is 11.4 Å². The first kappa shape index (κ1) is 32.1. The van der Waals surface area contributed by atoms with Crippen molar-refractivity contribution < 1.29 is 47.6 Å². The van der Waals surface area contributed by atoms with Crippen LogP contribution in [0.3, 0.4) is 0 Å². The average molecular weight is 443 g/mol. The maximum atomic E-state index is 11.5. The molecule has 0 fully saturated rings. The fourth-order valence-electron chi connectivity index (χ4n) is 3.86. The van der Waals surface area contributed by atoms with Gasteiger partial charge in [-0.05, 0) is 12.8 Å². The van der Waals surface area contributed by atoms with Gasteiger partial charge in [-0.15, -0.1) is 0 Å². The van der Waals surface area contributed by atoms with E-state index in [-0.39, 0.29) is 29.6 Å². The molecule has 4 nitrogen and oxygen atoms in total. The minimum absolute atomic E-state index is 0. The van der Waals surface area contributed by atoms with E-state index in [1.807, 2.05) is 0 Å². The van der Waals surface area contributed by atoms with Crippen molar-refractivity contribution in [2.45, 2.75) is 147 Å². The van der Waals surface area contributed by atoms with Crippen molar-refractivity contribution in [2.75, 3.05) is 0 Å². The second kappa shape index (κ2) is 22.1. The van der Waals surface area contributed by atoms with Gasteiger partial charge in [0.1, 0.15) is 10.1 Å². The number of rotatable bonds is 21. The van der Waals surface area contributed by atoms with Crippen LogP contribution in [0.4, 0.5) is 0 Å². The van der Waals surface area contributed by atoms with Crippen LogP contribution in [0.15, 0.2) is 0 Å². The first-order valence-corrected chi connectivity index (χ1v) is 13.5. The number of aliphatic hydroxyl groups is 1. The molecule has 0 aromatic rings. The van der Waals surface area contributed by atoms with Gasteiger partial charge >= 0.3 is 29.6 Å². The summed E-state index contributed by atoms with van der Waals surface area (Å²) in [4.78, 5) is 0. The van der Waals surface area contributed by atoms with E-state index in [0.717, 1.165) is 32.1 Å². The summed E-state index contributed by atoms with van der Waals surface area (Å²) >= 11 is 0. The summed E-state index contributed by atoms with van der Waals surface area (Å²) < 4.78 is 34.4. The molecule has 0 aliphatic rings. The van der Waals surface area contributed by atoms with E-state index in [9.17, 15) is 18.1 Å². The minimum Gasteiger partial charge on any atom is -0.748 e. The van der Waals surface area contributed by atoms with Crippen LogP contribution < -0.4 is 29.6 Å². The van der Waals surface area contributed by atoms with Crippen LogP contribution in [0, 0.1) is 0 Å². The van der Waals surface area contributed by atoms with Crippen LogP contribution in [0.2, 0.25) is 0 Å². The van der Waals surface area contributed by atoms with Gasteiger partial charge in [0.2, 0.25) is 0 Å². The molecular weight excluding hydrogens is 395 g/mol.